The van der Waals surface area contributed by atoms with Crippen LogP contribution in [0.1, 0.15) is 29.9 Å². The lowest BCUT2D eigenvalue weighted by molar-refractivity contribution is -0.161. The maximum atomic E-state index is 12.7. The van der Waals surface area contributed by atoms with Gasteiger partial charge in [0.05, 0.1) is 0 Å². The number of hydrogen-bond donors (Lipinski definition) is 2. The van der Waals surface area contributed by atoms with Crippen LogP contribution in [0.3, 0.4) is 0 Å². The summed E-state index contributed by atoms with van der Waals surface area (Å²) in [6, 6.07) is 14.9. The van der Waals surface area contributed by atoms with Gasteiger partial charge in [-0.1, -0.05) is 48.5 Å². The van der Waals surface area contributed by atoms with Crippen molar-refractivity contribution in [2.24, 2.45) is 5.73 Å². The Morgan fingerprint density at radius 1 is 1.04 bits per heavy atom. The van der Waals surface area contributed by atoms with E-state index in [4.69, 9.17) is 10.5 Å². The molecule has 146 valence electrons. The topological polar surface area (TPSA) is 92.9 Å². The number of fused-ring (bicyclic) bond motifs is 3. The first kappa shape index (κ1) is 18.7. The summed E-state index contributed by atoms with van der Waals surface area (Å²) in [4.78, 5) is 26.1. The second-order valence-electron chi connectivity index (χ2n) is 7.47. The number of nitrogens with zero attached hydrogens (tertiary/aromatic N) is 1. The molecule has 0 radical (unpaired) electrons. The second-order valence-corrected chi connectivity index (χ2v) is 7.47. The molecule has 1 heterocycles. The van der Waals surface area contributed by atoms with Gasteiger partial charge in [0.2, 0.25) is 6.04 Å². The van der Waals surface area contributed by atoms with Crippen LogP contribution < -0.4 is 5.73 Å². The lowest BCUT2D eigenvalue weighted by Gasteiger charge is -2.33. The van der Waals surface area contributed by atoms with E-state index in [0.717, 1.165) is 22.3 Å². The first-order chi connectivity index (χ1) is 13.6. The quantitative estimate of drug-likeness (QED) is 0.610. The number of ether oxygens (including phenoxy) is 1. The van der Waals surface area contributed by atoms with Crippen LogP contribution in [0.2, 0.25) is 0 Å². The zero-order valence-corrected chi connectivity index (χ0v) is 15.6. The third-order valence-electron chi connectivity index (χ3n) is 5.75. The van der Waals surface area contributed by atoms with Crippen molar-refractivity contribution >= 4 is 11.9 Å². The highest BCUT2D eigenvalue weighted by atomic mass is 16.5. The number of carboxylic acids is 1. The van der Waals surface area contributed by atoms with Gasteiger partial charge in [0.15, 0.2) is 0 Å². The molecule has 1 fully saturated rings. The monoisotopic (exact) mass is 380 g/mol. The van der Waals surface area contributed by atoms with Crippen molar-refractivity contribution < 1.29 is 19.4 Å². The number of carbonyl (C=O) groups excluding carboxylic acids is 1. The fourth-order valence-electron chi connectivity index (χ4n) is 4.27. The summed E-state index contributed by atoms with van der Waals surface area (Å²) < 4.78 is 5.55. The second kappa shape index (κ2) is 7.73. The normalized spacial score (nSPS) is 18.3. The molecule has 2 aromatic rings. The highest BCUT2D eigenvalue weighted by Gasteiger charge is 2.37. The summed E-state index contributed by atoms with van der Waals surface area (Å²) in [7, 11) is 0. The van der Waals surface area contributed by atoms with Crippen LogP contribution in [0, 0.1) is 0 Å². The molecule has 28 heavy (non-hydrogen) atoms. The lowest BCUT2D eigenvalue weighted by atomic mass is 9.98. The van der Waals surface area contributed by atoms with Gasteiger partial charge in [0, 0.05) is 25.0 Å². The van der Waals surface area contributed by atoms with E-state index < -0.39 is 18.0 Å². The Morgan fingerprint density at radius 2 is 1.57 bits per heavy atom. The highest BCUT2D eigenvalue weighted by molar-refractivity contribution is 5.98. The standard InChI is InChI=1S/C22H24N2O4/c23-14-9-11-24(12-10-14)20(21(25)26)22(27)28-13-19-17-7-3-1-5-15(17)16-6-2-4-8-18(16)19/h1-8,14,19-20H,9-13,23H2,(H,25,26)/t20-/m0/s1. The predicted molar refractivity (Wildman–Crippen MR) is 105 cm³/mol. The maximum absolute atomic E-state index is 12.7. The molecule has 1 aliphatic carbocycles. The molecule has 3 N–H and O–H groups in total. The number of nitrogens with two attached hydrogens (primary N) is 1. The fraction of sp³-hybridized carbons (Fsp3) is 0.364. The number of piperidine rings is 1. The molecule has 0 aromatic heterocycles. The van der Waals surface area contributed by atoms with Crippen LogP contribution in [-0.2, 0) is 14.3 Å². The zero-order valence-electron chi connectivity index (χ0n) is 15.6. The van der Waals surface area contributed by atoms with E-state index >= 15 is 0 Å². The van der Waals surface area contributed by atoms with E-state index in [2.05, 4.69) is 12.1 Å². The molecule has 1 aliphatic heterocycles. The summed E-state index contributed by atoms with van der Waals surface area (Å²) in [5.74, 6) is -1.96. The summed E-state index contributed by atoms with van der Waals surface area (Å²) in [5.41, 5.74) is 10.4. The zero-order chi connectivity index (χ0) is 19.7. The number of rotatable bonds is 5. The van der Waals surface area contributed by atoms with Gasteiger partial charge < -0.3 is 15.6 Å². The largest absolute Gasteiger partial charge is 0.480 e. The number of likely N-dealkylation sites (tertiary alicyclic amines) is 1. The Hall–Kier alpha value is -2.70. The predicted octanol–water partition coefficient (Wildman–Crippen LogP) is 2.22. The third kappa shape index (κ3) is 3.41. The first-order valence-corrected chi connectivity index (χ1v) is 9.63. The number of carbonyl (C=O) groups is 2. The minimum atomic E-state index is -1.28. The first-order valence-electron chi connectivity index (χ1n) is 9.63. The molecule has 2 aliphatic rings. The van der Waals surface area contributed by atoms with Crippen LogP contribution in [0.15, 0.2) is 48.5 Å². The van der Waals surface area contributed by atoms with Gasteiger partial charge in [-0.3, -0.25) is 4.90 Å². The molecule has 6 nitrogen and oxygen atoms in total. The van der Waals surface area contributed by atoms with Gasteiger partial charge in [-0.2, -0.15) is 0 Å². The average Bonchev–Trinajstić information content (AvgIpc) is 3.02. The van der Waals surface area contributed by atoms with E-state index in [1.165, 1.54) is 0 Å². The van der Waals surface area contributed by atoms with Gasteiger partial charge in [0.1, 0.15) is 6.61 Å². The number of hydrogen-bond acceptors (Lipinski definition) is 5. The molecular formula is C22H24N2O4. The number of carboxylic acid groups (broad SMARTS) is 1. The van der Waals surface area contributed by atoms with Crippen LogP contribution >= 0.6 is 0 Å². The lowest BCUT2D eigenvalue weighted by Crippen LogP contribution is -2.52. The third-order valence-corrected chi connectivity index (χ3v) is 5.75. The van der Waals surface area contributed by atoms with Crippen molar-refractivity contribution in [1.82, 2.24) is 4.90 Å². The molecular weight excluding hydrogens is 356 g/mol. The van der Waals surface area contributed by atoms with Crippen molar-refractivity contribution in [2.45, 2.75) is 30.8 Å². The number of benzene rings is 2. The van der Waals surface area contributed by atoms with Crippen molar-refractivity contribution in [1.29, 1.82) is 0 Å². The number of esters is 1. The Balaban J connectivity index is 1.50. The van der Waals surface area contributed by atoms with Crippen LogP contribution in [0.4, 0.5) is 0 Å². The van der Waals surface area contributed by atoms with Gasteiger partial charge >= 0.3 is 11.9 Å². The molecule has 1 saturated heterocycles. The molecule has 6 heteroatoms. The van der Waals surface area contributed by atoms with E-state index in [0.29, 0.717) is 25.9 Å². The molecule has 0 spiro atoms. The Morgan fingerprint density at radius 3 is 2.11 bits per heavy atom. The van der Waals surface area contributed by atoms with Crippen molar-refractivity contribution in [2.75, 3.05) is 19.7 Å². The summed E-state index contributed by atoms with van der Waals surface area (Å²) in [6.45, 7) is 1.11. The van der Waals surface area contributed by atoms with E-state index in [1.807, 2.05) is 36.4 Å². The minimum absolute atomic E-state index is 0.0632. The molecule has 2 aromatic carbocycles. The van der Waals surface area contributed by atoms with Crippen molar-refractivity contribution in [3.05, 3.63) is 59.7 Å². The Kier molecular flexibility index (Phi) is 5.15. The van der Waals surface area contributed by atoms with Gasteiger partial charge in [-0.15, -0.1) is 0 Å². The fourth-order valence-corrected chi connectivity index (χ4v) is 4.27. The van der Waals surface area contributed by atoms with Crippen molar-refractivity contribution in [3.8, 4) is 11.1 Å². The Labute approximate surface area is 163 Å². The number of aliphatic carboxylic acids is 1. The molecule has 0 unspecified atom stereocenters. The highest BCUT2D eigenvalue weighted by Crippen LogP contribution is 2.44. The molecule has 4 rings (SSSR count). The smallest absolute Gasteiger partial charge is 0.335 e. The van der Waals surface area contributed by atoms with Gasteiger partial charge in [-0.05, 0) is 35.1 Å². The van der Waals surface area contributed by atoms with Crippen LogP contribution in [0.5, 0.6) is 0 Å². The SMILES string of the molecule is NC1CCN([C@@H](C(=O)O)C(=O)OCC2c3ccccc3-c3ccccc32)CC1. The minimum Gasteiger partial charge on any atom is -0.480 e. The van der Waals surface area contributed by atoms with E-state index in [-0.39, 0.29) is 18.6 Å². The molecule has 0 amide bonds. The summed E-state index contributed by atoms with van der Waals surface area (Å²) in [5, 5.41) is 9.60. The summed E-state index contributed by atoms with van der Waals surface area (Å²) in [6.07, 6.45) is 1.36. The molecule has 0 saturated carbocycles. The molecule has 1 atom stereocenters. The van der Waals surface area contributed by atoms with Crippen molar-refractivity contribution in [3.63, 3.8) is 0 Å². The van der Waals surface area contributed by atoms with Gasteiger partial charge in [0.25, 0.3) is 0 Å². The molecule has 0 bridgehead atoms. The van der Waals surface area contributed by atoms with Crippen LogP contribution in [0.25, 0.3) is 11.1 Å². The van der Waals surface area contributed by atoms with E-state index in [9.17, 15) is 14.7 Å². The maximum Gasteiger partial charge on any atom is 0.335 e. The van der Waals surface area contributed by atoms with E-state index in [1.54, 1.807) is 4.90 Å². The Bertz CT molecular complexity index is 844. The van der Waals surface area contributed by atoms with Gasteiger partial charge in [-0.25, -0.2) is 9.59 Å². The average molecular weight is 380 g/mol. The van der Waals surface area contributed by atoms with Crippen LogP contribution in [-0.4, -0.2) is 53.7 Å². The summed E-state index contributed by atoms with van der Waals surface area (Å²) >= 11 is 0.